The summed E-state index contributed by atoms with van der Waals surface area (Å²) in [6.45, 7) is 5.97. The zero-order valence-corrected chi connectivity index (χ0v) is 18.7. The minimum Gasteiger partial charge on any atom is -0.497 e. The number of ether oxygens (including phenoxy) is 1. The molecule has 0 bridgehead atoms. The number of aromatic nitrogens is 3. The number of anilines is 1. The highest BCUT2D eigenvalue weighted by Gasteiger charge is 2.21. The van der Waals surface area contributed by atoms with E-state index in [2.05, 4.69) is 27.2 Å². The van der Waals surface area contributed by atoms with Crippen LogP contribution >= 0.6 is 11.8 Å². The fourth-order valence-electron chi connectivity index (χ4n) is 3.70. The molecule has 0 spiro atoms. The Balaban J connectivity index is 1.34. The fraction of sp³-hybridized carbons (Fsp3) is 0.409. The van der Waals surface area contributed by atoms with Crippen molar-refractivity contribution in [1.82, 2.24) is 19.7 Å². The molecule has 1 aromatic carbocycles. The average molecular weight is 442 g/mol. The number of nitrogens with zero attached hydrogens (tertiary/aromatic N) is 5. The minimum absolute atomic E-state index is 0.131. The molecule has 0 saturated carbocycles. The highest BCUT2D eigenvalue weighted by molar-refractivity contribution is 7.99. The molecule has 1 aliphatic heterocycles. The number of hydrogen-bond acceptors (Lipinski definition) is 7. The Hall–Kier alpha value is -2.94. The van der Waals surface area contributed by atoms with Crippen LogP contribution in [-0.2, 0) is 11.3 Å². The van der Waals surface area contributed by atoms with Crippen molar-refractivity contribution in [1.29, 1.82) is 0 Å². The Kier molecular flexibility index (Phi) is 6.81. The molecule has 3 aromatic rings. The zero-order valence-electron chi connectivity index (χ0n) is 17.9. The quantitative estimate of drug-likeness (QED) is 0.520. The van der Waals surface area contributed by atoms with Gasteiger partial charge in [0.1, 0.15) is 5.75 Å². The maximum atomic E-state index is 12.9. The number of thioether (sulfide) groups is 1. The third-order valence-corrected chi connectivity index (χ3v) is 6.34. The molecule has 8 nitrogen and oxygen atoms in total. The Bertz CT molecular complexity index is 987. The van der Waals surface area contributed by atoms with Crippen LogP contribution in [0.1, 0.15) is 13.3 Å². The summed E-state index contributed by atoms with van der Waals surface area (Å²) in [6.07, 6.45) is 2.56. The zero-order chi connectivity index (χ0) is 21.6. The summed E-state index contributed by atoms with van der Waals surface area (Å²) in [5.74, 6) is 2.69. The Morgan fingerprint density at radius 1 is 1.13 bits per heavy atom. The number of hydrogen-bond donors (Lipinski definition) is 0. The van der Waals surface area contributed by atoms with Gasteiger partial charge in [-0.15, -0.1) is 10.2 Å². The van der Waals surface area contributed by atoms with Crippen LogP contribution in [0.4, 0.5) is 5.69 Å². The molecule has 0 aliphatic carbocycles. The lowest BCUT2D eigenvalue weighted by atomic mass is 10.2. The van der Waals surface area contributed by atoms with Crippen LogP contribution in [0.2, 0.25) is 0 Å². The van der Waals surface area contributed by atoms with Gasteiger partial charge < -0.3 is 19.0 Å². The maximum Gasteiger partial charge on any atom is 0.233 e. The molecule has 164 valence electrons. The van der Waals surface area contributed by atoms with Crippen LogP contribution in [-0.4, -0.2) is 64.6 Å². The molecule has 0 N–H and O–H groups in total. The van der Waals surface area contributed by atoms with Gasteiger partial charge in [0.25, 0.3) is 0 Å². The van der Waals surface area contributed by atoms with E-state index in [1.807, 2.05) is 40.7 Å². The van der Waals surface area contributed by atoms with Crippen LogP contribution in [0, 0.1) is 0 Å². The van der Waals surface area contributed by atoms with Crippen LogP contribution in [0.15, 0.2) is 52.2 Å². The predicted octanol–water partition coefficient (Wildman–Crippen LogP) is 3.40. The number of rotatable bonds is 7. The van der Waals surface area contributed by atoms with Gasteiger partial charge in [-0.05, 0) is 49.7 Å². The van der Waals surface area contributed by atoms with Gasteiger partial charge in [-0.25, -0.2) is 0 Å². The second-order valence-corrected chi connectivity index (χ2v) is 8.18. The van der Waals surface area contributed by atoms with Gasteiger partial charge in [-0.1, -0.05) is 11.8 Å². The first-order valence-electron chi connectivity index (χ1n) is 10.5. The smallest absolute Gasteiger partial charge is 0.233 e. The number of furan rings is 1. The second kappa shape index (κ2) is 9.91. The van der Waals surface area contributed by atoms with Gasteiger partial charge >= 0.3 is 0 Å². The molecule has 3 heterocycles. The van der Waals surface area contributed by atoms with E-state index in [0.29, 0.717) is 30.4 Å². The fourth-order valence-corrected chi connectivity index (χ4v) is 4.61. The normalized spacial score (nSPS) is 14.5. The summed E-state index contributed by atoms with van der Waals surface area (Å²) in [5, 5.41) is 9.25. The van der Waals surface area contributed by atoms with Crippen LogP contribution in [0.25, 0.3) is 11.6 Å². The Morgan fingerprint density at radius 2 is 1.97 bits per heavy atom. The molecule has 2 aromatic heterocycles. The van der Waals surface area contributed by atoms with E-state index in [-0.39, 0.29) is 5.91 Å². The molecular weight excluding hydrogens is 414 g/mol. The number of carbonyl (C=O) groups is 1. The second-order valence-electron chi connectivity index (χ2n) is 7.24. The summed E-state index contributed by atoms with van der Waals surface area (Å²) in [7, 11) is 1.67. The van der Waals surface area contributed by atoms with E-state index in [4.69, 9.17) is 9.15 Å². The molecule has 4 rings (SSSR count). The topological polar surface area (TPSA) is 76.6 Å². The van der Waals surface area contributed by atoms with Gasteiger partial charge in [-0.2, -0.15) is 0 Å². The largest absolute Gasteiger partial charge is 0.497 e. The van der Waals surface area contributed by atoms with Gasteiger partial charge in [-0.3, -0.25) is 9.36 Å². The number of amides is 1. The maximum absolute atomic E-state index is 12.9. The van der Waals surface area contributed by atoms with Gasteiger partial charge in [0.2, 0.25) is 5.91 Å². The highest BCUT2D eigenvalue weighted by atomic mass is 32.2. The van der Waals surface area contributed by atoms with Gasteiger partial charge in [0.05, 0.1) is 19.1 Å². The van der Waals surface area contributed by atoms with Crippen molar-refractivity contribution in [2.75, 3.05) is 43.9 Å². The van der Waals surface area contributed by atoms with E-state index >= 15 is 0 Å². The van der Waals surface area contributed by atoms with Crippen molar-refractivity contribution in [2.24, 2.45) is 0 Å². The predicted molar refractivity (Wildman–Crippen MR) is 121 cm³/mol. The Labute approximate surface area is 186 Å². The number of benzene rings is 1. The standard InChI is InChI=1S/C22H27N5O3S/c1-3-27-21(19-6-4-15-30-19)23-24-22(27)31-16-20(28)26-12-5-11-25(13-14-26)17-7-9-18(29-2)10-8-17/h4,6-10,15H,3,5,11-14,16H2,1-2H3. The minimum atomic E-state index is 0.131. The molecule has 31 heavy (non-hydrogen) atoms. The monoisotopic (exact) mass is 441 g/mol. The molecule has 0 unspecified atom stereocenters. The van der Waals surface area contributed by atoms with E-state index in [1.165, 1.54) is 11.8 Å². The van der Waals surface area contributed by atoms with Crippen molar-refractivity contribution < 1.29 is 13.9 Å². The van der Waals surface area contributed by atoms with Crippen molar-refractivity contribution in [3.8, 4) is 17.3 Å². The van der Waals surface area contributed by atoms with E-state index < -0.39 is 0 Å². The first-order chi connectivity index (χ1) is 15.2. The first kappa shape index (κ1) is 21.3. The lowest BCUT2D eigenvalue weighted by Crippen LogP contribution is -2.36. The van der Waals surface area contributed by atoms with Crippen LogP contribution in [0.5, 0.6) is 5.75 Å². The molecule has 1 aliphatic rings. The van der Waals surface area contributed by atoms with Crippen molar-refractivity contribution in [2.45, 2.75) is 25.0 Å². The summed E-state index contributed by atoms with van der Waals surface area (Å²) in [6, 6.07) is 11.8. The summed E-state index contributed by atoms with van der Waals surface area (Å²) >= 11 is 1.43. The van der Waals surface area contributed by atoms with Crippen LogP contribution in [0.3, 0.4) is 0 Å². The first-order valence-corrected chi connectivity index (χ1v) is 11.4. The molecule has 9 heteroatoms. The molecular formula is C22H27N5O3S. The summed E-state index contributed by atoms with van der Waals surface area (Å²) in [5.41, 5.74) is 1.16. The van der Waals surface area contributed by atoms with Crippen molar-refractivity contribution in [3.63, 3.8) is 0 Å². The summed E-state index contributed by atoms with van der Waals surface area (Å²) in [4.78, 5) is 17.2. The lowest BCUT2D eigenvalue weighted by Gasteiger charge is -2.24. The SMILES string of the molecule is CCn1c(SCC(=O)N2CCCN(c3ccc(OC)cc3)CC2)nnc1-c1ccco1. The van der Waals surface area contributed by atoms with E-state index in [1.54, 1.807) is 13.4 Å². The Morgan fingerprint density at radius 3 is 2.68 bits per heavy atom. The average Bonchev–Trinajstić information content (AvgIpc) is 3.41. The van der Waals surface area contributed by atoms with Crippen molar-refractivity contribution >= 4 is 23.4 Å². The third kappa shape index (κ3) is 4.87. The molecule has 1 fully saturated rings. The highest BCUT2D eigenvalue weighted by Crippen LogP contribution is 2.25. The molecule has 1 saturated heterocycles. The molecule has 1 amide bonds. The van der Waals surface area contributed by atoms with Crippen molar-refractivity contribution in [3.05, 3.63) is 42.7 Å². The number of carbonyl (C=O) groups excluding carboxylic acids is 1. The van der Waals surface area contributed by atoms with E-state index in [9.17, 15) is 4.79 Å². The third-order valence-electron chi connectivity index (χ3n) is 5.39. The van der Waals surface area contributed by atoms with Gasteiger partial charge in [0, 0.05) is 38.4 Å². The number of methoxy groups -OCH3 is 1. The van der Waals surface area contributed by atoms with E-state index in [0.717, 1.165) is 42.6 Å². The molecule has 0 atom stereocenters. The van der Waals surface area contributed by atoms with Gasteiger partial charge in [0.15, 0.2) is 16.7 Å². The lowest BCUT2D eigenvalue weighted by molar-refractivity contribution is -0.128. The van der Waals surface area contributed by atoms with Crippen LogP contribution < -0.4 is 9.64 Å². The molecule has 0 radical (unpaired) electrons. The summed E-state index contributed by atoms with van der Waals surface area (Å²) < 4.78 is 12.7.